The van der Waals surface area contributed by atoms with Crippen LogP contribution in [-0.4, -0.2) is 58.1 Å². The summed E-state index contributed by atoms with van der Waals surface area (Å²) in [5.74, 6) is 1.05. The smallest absolute Gasteiger partial charge is 0.137 e. The van der Waals surface area contributed by atoms with E-state index in [2.05, 4.69) is 62.1 Å². The first kappa shape index (κ1) is 18.5. The molecule has 0 unspecified atom stereocenters. The van der Waals surface area contributed by atoms with Crippen molar-refractivity contribution in [3.05, 3.63) is 61.3 Å². The van der Waals surface area contributed by atoms with Gasteiger partial charge in [-0.15, -0.1) is 11.3 Å². The lowest BCUT2D eigenvalue weighted by Crippen LogP contribution is -2.44. The Bertz CT molecular complexity index is 1330. The van der Waals surface area contributed by atoms with Gasteiger partial charge >= 0.3 is 0 Å². The van der Waals surface area contributed by atoms with E-state index in [1.165, 1.54) is 20.5 Å². The maximum Gasteiger partial charge on any atom is 0.137 e. The third kappa shape index (κ3) is 3.36. The number of nitrogens with zero attached hydrogens (tertiary/aromatic N) is 5. The SMILES string of the molecule is CN1CCN(c2ccc(-c3cnc4[nH]cc(-c5cc6ccncc6s5)c4c3)cn2)CC1. The third-order valence-corrected chi connectivity index (χ3v) is 7.15. The summed E-state index contributed by atoms with van der Waals surface area (Å²) in [5.41, 5.74) is 4.23. The van der Waals surface area contributed by atoms with Gasteiger partial charge in [0, 0.05) is 84.1 Å². The molecule has 6 nitrogen and oxygen atoms in total. The highest BCUT2D eigenvalue weighted by Gasteiger charge is 2.16. The maximum absolute atomic E-state index is 4.75. The van der Waals surface area contributed by atoms with E-state index in [0.29, 0.717) is 0 Å². The van der Waals surface area contributed by atoms with E-state index in [1.54, 1.807) is 11.3 Å². The van der Waals surface area contributed by atoms with Crippen LogP contribution in [-0.2, 0) is 0 Å². The average Bonchev–Trinajstić information content (AvgIpc) is 3.43. The van der Waals surface area contributed by atoms with Crippen LogP contribution in [0.5, 0.6) is 0 Å². The molecule has 1 aliphatic heterocycles. The van der Waals surface area contributed by atoms with Crippen molar-refractivity contribution in [3.63, 3.8) is 0 Å². The highest BCUT2D eigenvalue weighted by Crippen LogP contribution is 2.37. The fourth-order valence-electron chi connectivity index (χ4n) is 4.16. The summed E-state index contributed by atoms with van der Waals surface area (Å²) in [6.45, 7) is 4.20. The minimum absolute atomic E-state index is 0.899. The van der Waals surface area contributed by atoms with Crippen LogP contribution < -0.4 is 4.90 Å². The summed E-state index contributed by atoms with van der Waals surface area (Å²) in [7, 11) is 2.17. The molecule has 0 aromatic carbocycles. The van der Waals surface area contributed by atoms with Crippen LogP contribution in [0.15, 0.2) is 61.3 Å². The van der Waals surface area contributed by atoms with E-state index >= 15 is 0 Å². The van der Waals surface area contributed by atoms with Gasteiger partial charge in [-0.3, -0.25) is 4.98 Å². The van der Waals surface area contributed by atoms with Crippen molar-refractivity contribution in [2.45, 2.75) is 0 Å². The van der Waals surface area contributed by atoms with Crippen molar-refractivity contribution >= 4 is 38.3 Å². The monoisotopic (exact) mass is 426 g/mol. The third-order valence-electron chi connectivity index (χ3n) is 6.03. The normalized spacial score (nSPS) is 15.2. The predicted molar refractivity (Wildman–Crippen MR) is 128 cm³/mol. The first-order chi connectivity index (χ1) is 15.2. The highest BCUT2D eigenvalue weighted by atomic mass is 32.1. The van der Waals surface area contributed by atoms with Gasteiger partial charge in [-0.05, 0) is 42.8 Å². The first-order valence-corrected chi connectivity index (χ1v) is 11.3. The second kappa shape index (κ2) is 7.44. The number of fused-ring (bicyclic) bond motifs is 2. The van der Waals surface area contributed by atoms with Crippen LogP contribution in [0.25, 0.3) is 42.7 Å². The molecule has 0 amide bonds. The topological polar surface area (TPSA) is 60.9 Å². The van der Waals surface area contributed by atoms with Crippen LogP contribution in [0.4, 0.5) is 5.82 Å². The minimum atomic E-state index is 0.899. The Morgan fingerprint density at radius 2 is 1.81 bits per heavy atom. The van der Waals surface area contributed by atoms with Gasteiger partial charge in [0.25, 0.3) is 0 Å². The Morgan fingerprint density at radius 1 is 0.935 bits per heavy atom. The van der Waals surface area contributed by atoms with Gasteiger partial charge in [0.05, 0.1) is 4.70 Å². The molecule has 154 valence electrons. The maximum atomic E-state index is 4.75. The molecule has 0 radical (unpaired) electrons. The molecule has 0 spiro atoms. The molecule has 0 atom stereocenters. The molecule has 6 rings (SSSR count). The summed E-state index contributed by atoms with van der Waals surface area (Å²) in [5, 5.41) is 2.34. The second-order valence-electron chi connectivity index (χ2n) is 8.04. The van der Waals surface area contributed by atoms with Gasteiger partial charge in [0.15, 0.2) is 0 Å². The largest absolute Gasteiger partial charge is 0.354 e. The average molecular weight is 427 g/mol. The molecule has 7 heteroatoms. The molecular formula is C24H22N6S. The lowest BCUT2D eigenvalue weighted by atomic mass is 10.1. The number of H-pyrrole nitrogens is 1. The molecule has 5 aromatic heterocycles. The van der Waals surface area contributed by atoms with Gasteiger partial charge < -0.3 is 14.8 Å². The van der Waals surface area contributed by atoms with E-state index in [9.17, 15) is 0 Å². The van der Waals surface area contributed by atoms with Crippen molar-refractivity contribution in [1.82, 2.24) is 24.8 Å². The number of thiophene rings is 1. The fourth-order valence-corrected chi connectivity index (χ4v) is 5.22. The molecule has 31 heavy (non-hydrogen) atoms. The summed E-state index contributed by atoms with van der Waals surface area (Å²) in [6.07, 6.45) is 9.70. The first-order valence-electron chi connectivity index (χ1n) is 10.5. The minimum Gasteiger partial charge on any atom is -0.354 e. The van der Waals surface area contributed by atoms with Crippen molar-refractivity contribution in [2.75, 3.05) is 38.1 Å². The number of rotatable bonds is 3. The Morgan fingerprint density at radius 3 is 2.61 bits per heavy atom. The van der Waals surface area contributed by atoms with Crippen LogP contribution in [0.3, 0.4) is 0 Å². The van der Waals surface area contributed by atoms with E-state index < -0.39 is 0 Å². The van der Waals surface area contributed by atoms with Crippen LogP contribution in [0.2, 0.25) is 0 Å². The van der Waals surface area contributed by atoms with E-state index in [4.69, 9.17) is 4.98 Å². The quantitative estimate of drug-likeness (QED) is 0.455. The molecule has 1 fully saturated rings. The Labute approximate surface area is 184 Å². The number of pyridine rings is 3. The lowest BCUT2D eigenvalue weighted by Gasteiger charge is -2.33. The van der Waals surface area contributed by atoms with Gasteiger partial charge in [-0.1, -0.05) is 0 Å². The fraction of sp³-hybridized carbons (Fsp3) is 0.208. The number of aromatic amines is 1. The van der Waals surface area contributed by atoms with Gasteiger partial charge in [0.2, 0.25) is 0 Å². The van der Waals surface area contributed by atoms with Crippen LogP contribution >= 0.6 is 11.3 Å². The van der Waals surface area contributed by atoms with Crippen molar-refractivity contribution in [3.8, 4) is 21.6 Å². The van der Waals surface area contributed by atoms with Crippen molar-refractivity contribution < 1.29 is 0 Å². The van der Waals surface area contributed by atoms with E-state index in [-0.39, 0.29) is 0 Å². The lowest BCUT2D eigenvalue weighted by molar-refractivity contribution is 0.312. The molecular weight excluding hydrogens is 404 g/mol. The number of hydrogen-bond donors (Lipinski definition) is 1. The Balaban J connectivity index is 1.34. The van der Waals surface area contributed by atoms with E-state index in [1.807, 2.05) is 31.0 Å². The molecule has 1 aliphatic rings. The molecule has 5 aromatic rings. The summed E-state index contributed by atoms with van der Waals surface area (Å²) in [6, 6.07) is 10.8. The number of likely N-dealkylation sites (N-methyl/N-ethyl adjacent to an activating group) is 1. The Hall–Kier alpha value is -3.29. The summed E-state index contributed by atoms with van der Waals surface area (Å²) in [4.78, 5) is 22.9. The number of hydrogen-bond acceptors (Lipinski definition) is 6. The Kier molecular flexibility index (Phi) is 4.44. The zero-order chi connectivity index (χ0) is 20.8. The van der Waals surface area contributed by atoms with Crippen molar-refractivity contribution in [2.24, 2.45) is 0 Å². The zero-order valence-electron chi connectivity index (χ0n) is 17.2. The number of aromatic nitrogens is 4. The second-order valence-corrected chi connectivity index (χ2v) is 9.13. The zero-order valence-corrected chi connectivity index (χ0v) is 18.1. The molecule has 1 saturated heterocycles. The predicted octanol–water partition coefficient (Wildman–Crippen LogP) is 4.65. The number of anilines is 1. The van der Waals surface area contributed by atoms with Crippen molar-refractivity contribution in [1.29, 1.82) is 0 Å². The molecule has 0 saturated carbocycles. The highest BCUT2D eigenvalue weighted by molar-refractivity contribution is 7.22. The number of piperazine rings is 1. The van der Waals surface area contributed by atoms with Gasteiger partial charge in [0.1, 0.15) is 11.5 Å². The van der Waals surface area contributed by atoms with E-state index in [0.717, 1.165) is 54.2 Å². The van der Waals surface area contributed by atoms with Gasteiger partial charge in [-0.25, -0.2) is 9.97 Å². The molecule has 0 bridgehead atoms. The standard InChI is InChI=1S/C24H22N6S/c1-29-6-8-30(9-7-29)23-3-2-17(12-26-23)18-10-19-20(14-28-24(19)27-13-18)21-11-16-4-5-25-15-22(16)31-21/h2-5,10-15H,6-9H2,1H3,(H,27,28). The van der Waals surface area contributed by atoms with Gasteiger partial charge in [-0.2, -0.15) is 0 Å². The molecule has 1 N–H and O–H groups in total. The molecule has 6 heterocycles. The number of nitrogens with one attached hydrogen (secondary N) is 1. The summed E-state index contributed by atoms with van der Waals surface area (Å²) < 4.78 is 1.19. The van der Waals surface area contributed by atoms with Crippen LogP contribution in [0.1, 0.15) is 0 Å². The summed E-state index contributed by atoms with van der Waals surface area (Å²) >= 11 is 1.76. The van der Waals surface area contributed by atoms with Crippen LogP contribution in [0, 0.1) is 0 Å². The molecule has 0 aliphatic carbocycles.